The highest BCUT2D eigenvalue weighted by Crippen LogP contribution is 2.32. The maximum absolute atomic E-state index is 6.09. The first-order valence-electron chi connectivity index (χ1n) is 10.0. The Labute approximate surface area is 186 Å². The Morgan fingerprint density at radius 1 is 1.04 bits per heavy atom. The number of aryl methyl sites for hydroxylation is 1. The number of rotatable bonds is 7. The van der Waals surface area contributed by atoms with Crippen LogP contribution in [0.1, 0.15) is 36.5 Å². The molecular formula is C23H32IN3O. The summed E-state index contributed by atoms with van der Waals surface area (Å²) in [6.45, 7) is 2.64. The van der Waals surface area contributed by atoms with E-state index in [1.54, 1.807) is 0 Å². The summed E-state index contributed by atoms with van der Waals surface area (Å²) in [5.41, 5.74) is 2.65. The highest BCUT2D eigenvalue weighted by Gasteiger charge is 2.27. The van der Waals surface area contributed by atoms with Crippen LogP contribution in [-0.4, -0.2) is 32.7 Å². The Morgan fingerprint density at radius 2 is 1.75 bits per heavy atom. The summed E-state index contributed by atoms with van der Waals surface area (Å²) in [6.07, 6.45) is 4.64. The molecule has 3 rings (SSSR count). The van der Waals surface area contributed by atoms with Crippen LogP contribution < -0.4 is 10.6 Å². The summed E-state index contributed by atoms with van der Waals surface area (Å²) >= 11 is 0. The lowest BCUT2D eigenvalue weighted by Gasteiger charge is -2.32. The highest BCUT2D eigenvalue weighted by molar-refractivity contribution is 14.0. The minimum Gasteiger partial charge on any atom is -0.373 e. The van der Waals surface area contributed by atoms with Gasteiger partial charge >= 0.3 is 0 Å². The van der Waals surface area contributed by atoms with Gasteiger partial charge in [-0.3, -0.25) is 4.99 Å². The van der Waals surface area contributed by atoms with Gasteiger partial charge in [-0.25, -0.2) is 0 Å². The van der Waals surface area contributed by atoms with E-state index in [9.17, 15) is 0 Å². The van der Waals surface area contributed by atoms with Gasteiger partial charge in [0.1, 0.15) is 0 Å². The molecular weight excluding hydrogens is 461 g/mol. The van der Waals surface area contributed by atoms with Crippen molar-refractivity contribution < 1.29 is 4.74 Å². The number of guanidine groups is 1. The summed E-state index contributed by atoms with van der Waals surface area (Å²) in [6, 6.07) is 21.2. The van der Waals surface area contributed by atoms with Crippen LogP contribution in [-0.2, 0) is 11.2 Å². The normalized spacial score (nSPS) is 19.5. The molecule has 28 heavy (non-hydrogen) atoms. The summed E-state index contributed by atoms with van der Waals surface area (Å²) in [7, 11) is 1.83. The quantitative estimate of drug-likeness (QED) is 0.257. The minimum atomic E-state index is 0. The molecule has 2 N–H and O–H groups in total. The molecule has 0 radical (unpaired) electrons. The largest absolute Gasteiger partial charge is 0.373 e. The number of nitrogens with one attached hydrogen (secondary N) is 2. The van der Waals surface area contributed by atoms with E-state index in [1.165, 1.54) is 17.5 Å². The number of halogens is 1. The molecule has 1 fully saturated rings. The van der Waals surface area contributed by atoms with Gasteiger partial charge in [0.05, 0.1) is 6.10 Å². The fraction of sp³-hybridized carbons (Fsp3) is 0.435. The van der Waals surface area contributed by atoms with Crippen molar-refractivity contribution in [3.05, 3.63) is 71.8 Å². The molecule has 1 saturated heterocycles. The predicted molar refractivity (Wildman–Crippen MR) is 127 cm³/mol. The topological polar surface area (TPSA) is 45.7 Å². The first-order chi connectivity index (χ1) is 13.4. The molecule has 152 valence electrons. The van der Waals surface area contributed by atoms with Crippen LogP contribution in [0.25, 0.3) is 0 Å². The molecule has 2 atom stereocenters. The van der Waals surface area contributed by atoms with E-state index in [2.05, 4.69) is 76.3 Å². The third kappa shape index (κ3) is 7.09. The van der Waals surface area contributed by atoms with Crippen LogP contribution in [0.5, 0.6) is 0 Å². The van der Waals surface area contributed by atoms with Crippen molar-refractivity contribution >= 4 is 29.9 Å². The van der Waals surface area contributed by atoms with Gasteiger partial charge in [-0.05, 0) is 36.8 Å². The molecule has 0 amide bonds. The van der Waals surface area contributed by atoms with E-state index in [-0.39, 0.29) is 30.1 Å². The van der Waals surface area contributed by atoms with Crippen molar-refractivity contribution in [2.75, 3.05) is 26.7 Å². The Hall–Kier alpha value is -1.60. The van der Waals surface area contributed by atoms with Crippen molar-refractivity contribution in [3.8, 4) is 0 Å². The maximum atomic E-state index is 6.09. The van der Waals surface area contributed by atoms with Crippen LogP contribution in [0.4, 0.5) is 0 Å². The molecule has 5 heteroatoms. The Balaban J connectivity index is 0.00000280. The van der Waals surface area contributed by atoms with Gasteiger partial charge in [0.15, 0.2) is 5.96 Å². The molecule has 0 saturated carbocycles. The van der Waals surface area contributed by atoms with Crippen LogP contribution in [0.15, 0.2) is 65.7 Å². The first kappa shape index (κ1) is 22.7. The third-order valence-electron chi connectivity index (χ3n) is 5.11. The molecule has 0 aromatic heterocycles. The molecule has 2 aromatic rings. The smallest absolute Gasteiger partial charge is 0.190 e. The zero-order valence-electron chi connectivity index (χ0n) is 16.6. The average Bonchev–Trinajstić information content (AvgIpc) is 2.75. The maximum Gasteiger partial charge on any atom is 0.190 e. The molecule has 0 aliphatic carbocycles. The lowest BCUT2D eigenvalue weighted by Crippen LogP contribution is -2.42. The van der Waals surface area contributed by atoms with Gasteiger partial charge < -0.3 is 15.4 Å². The Bertz CT molecular complexity index is 694. The standard InChI is InChI=1S/C23H31N3O.HI/c1-24-23(25-16-8-12-19-10-4-2-5-11-19)26-18-21-15-9-17-27-22(21)20-13-6-3-7-14-20;/h2-7,10-11,13-14,21-22H,8-9,12,15-18H2,1H3,(H2,24,25,26);1H. The van der Waals surface area contributed by atoms with E-state index in [0.717, 1.165) is 44.9 Å². The summed E-state index contributed by atoms with van der Waals surface area (Å²) < 4.78 is 6.09. The summed E-state index contributed by atoms with van der Waals surface area (Å²) in [4.78, 5) is 4.37. The van der Waals surface area contributed by atoms with Gasteiger partial charge in [0.2, 0.25) is 0 Å². The van der Waals surface area contributed by atoms with Gasteiger partial charge in [0.25, 0.3) is 0 Å². The molecule has 0 spiro atoms. The molecule has 4 nitrogen and oxygen atoms in total. The molecule has 1 aliphatic heterocycles. The third-order valence-corrected chi connectivity index (χ3v) is 5.11. The van der Waals surface area contributed by atoms with Gasteiger partial charge in [-0.1, -0.05) is 60.7 Å². The zero-order valence-corrected chi connectivity index (χ0v) is 19.0. The zero-order chi connectivity index (χ0) is 18.7. The molecule has 0 bridgehead atoms. The van der Waals surface area contributed by atoms with Crippen molar-refractivity contribution in [3.63, 3.8) is 0 Å². The fourth-order valence-corrected chi connectivity index (χ4v) is 3.66. The van der Waals surface area contributed by atoms with E-state index in [0.29, 0.717) is 5.92 Å². The molecule has 2 unspecified atom stereocenters. The van der Waals surface area contributed by atoms with Gasteiger partial charge in [-0.2, -0.15) is 0 Å². The molecule has 1 heterocycles. The van der Waals surface area contributed by atoms with Gasteiger partial charge in [0, 0.05) is 32.7 Å². The number of aliphatic imine (C=N–C) groups is 1. The first-order valence-corrected chi connectivity index (χ1v) is 10.0. The second-order valence-electron chi connectivity index (χ2n) is 7.07. The Morgan fingerprint density at radius 3 is 2.46 bits per heavy atom. The average molecular weight is 493 g/mol. The van der Waals surface area contributed by atoms with Crippen LogP contribution >= 0.6 is 24.0 Å². The fourth-order valence-electron chi connectivity index (χ4n) is 3.66. The van der Waals surface area contributed by atoms with Crippen molar-refractivity contribution in [2.45, 2.75) is 31.8 Å². The van der Waals surface area contributed by atoms with Crippen molar-refractivity contribution in [1.29, 1.82) is 0 Å². The molecule has 2 aromatic carbocycles. The van der Waals surface area contributed by atoms with E-state index >= 15 is 0 Å². The lowest BCUT2D eigenvalue weighted by atomic mass is 9.89. The van der Waals surface area contributed by atoms with E-state index < -0.39 is 0 Å². The monoisotopic (exact) mass is 493 g/mol. The lowest BCUT2D eigenvalue weighted by molar-refractivity contribution is -0.0265. The number of benzene rings is 2. The Kier molecular flexibility index (Phi) is 10.4. The number of nitrogens with zero attached hydrogens (tertiary/aromatic N) is 1. The van der Waals surface area contributed by atoms with E-state index in [4.69, 9.17) is 4.74 Å². The van der Waals surface area contributed by atoms with Gasteiger partial charge in [-0.15, -0.1) is 24.0 Å². The van der Waals surface area contributed by atoms with Crippen LogP contribution in [0.3, 0.4) is 0 Å². The van der Waals surface area contributed by atoms with E-state index in [1.807, 2.05) is 7.05 Å². The highest BCUT2D eigenvalue weighted by atomic mass is 127. The predicted octanol–water partition coefficient (Wildman–Crippen LogP) is 4.57. The number of hydrogen-bond donors (Lipinski definition) is 2. The van der Waals surface area contributed by atoms with Crippen LogP contribution in [0, 0.1) is 5.92 Å². The van der Waals surface area contributed by atoms with Crippen molar-refractivity contribution in [2.24, 2.45) is 10.9 Å². The van der Waals surface area contributed by atoms with Crippen molar-refractivity contribution in [1.82, 2.24) is 10.6 Å². The number of ether oxygens (including phenoxy) is 1. The SMILES string of the molecule is CN=C(NCCCc1ccccc1)NCC1CCCOC1c1ccccc1.I. The van der Waals surface area contributed by atoms with Crippen LogP contribution in [0.2, 0.25) is 0 Å². The second-order valence-corrected chi connectivity index (χ2v) is 7.07. The summed E-state index contributed by atoms with van der Waals surface area (Å²) in [5.74, 6) is 1.34. The summed E-state index contributed by atoms with van der Waals surface area (Å²) in [5, 5.41) is 6.93. The molecule has 1 aliphatic rings. The number of hydrogen-bond acceptors (Lipinski definition) is 2. The second kappa shape index (κ2) is 12.8. The minimum absolute atomic E-state index is 0.